The molecule has 0 bridgehead atoms. The number of methoxy groups -OCH3 is 1. The van der Waals surface area contributed by atoms with Gasteiger partial charge in [-0.3, -0.25) is 14.4 Å². The molecule has 8 nitrogen and oxygen atoms in total. The minimum Gasteiger partial charge on any atom is -0.491 e. The predicted octanol–water partition coefficient (Wildman–Crippen LogP) is 4.21. The van der Waals surface area contributed by atoms with Crippen molar-refractivity contribution in [3.63, 3.8) is 0 Å². The van der Waals surface area contributed by atoms with Crippen LogP contribution in [-0.4, -0.2) is 73.5 Å². The summed E-state index contributed by atoms with van der Waals surface area (Å²) in [7, 11) is 3.31. The molecule has 38 heavy (non-hydrogen) atoms. The van der Waals surface area contributed by atoms with Gasteiger partial charge in [-0.05, 0) is 68.1 Å². The fourth-order valence-corrected chi connectivity index (χ4v) is 4.69. The molecule has 3 amide bonds. The third-order valence-corrected chi connectivity index (χ3v) is 7.29. The molecule has 2 aromatic rings. The van der Waals surface area contributed by atoms with Crippen molar-refractivity contribution in [2.24, 2.45) is 11.8 Å². The first-order chi connectivity index (χ1) is 18.2. The summed E-state index contributed by atoms with van der Waals surface area (Å²) in [5.41, 5.74) is 0.984. The minimum absolute atomic E-state index is 0.0129. The molecule has 0 spiro atoms. The Balaban J connectivity index is 1.61. The molecular weight excluding hydrogens is 489 g/mol. The van der Waals surface area contributed by atoms with Gasteiger partial charge >= 0.3 is 0 Å². The van der Waals surface area contributed by atoms with Crippen molar-refractivity contribution in [3.8, 4) is 5.75 Å². The first-order valence-corrected chi connectivity index (χ1v) is 13.1. The Morgan fingerprint density at radius 1 is 1.11 bits per heavy atom. The summed E-state index contributed by atoms with van der Waals surface area (Å²) in [5.74, 6) is -0.192. The van der Waals surface area contributed by atoms with Gasteiger partial charge in [0.25, 0.3) is 11.8 Å². The van der Waals surface area contributed by atoms with Crippen molar-refractivity contribution in [2.45, 2.75) is 45.3 Å². The van der Waals surface area contributed by atoms with E-state index < -0.39 is 11.7 Å². The highest BCUT2D eigenvalue weighted by Gasteiger charge is 2.33. The number of carbonyl (C=O) groups is 3. The Bertz CT molecular complexity index is 1170. The van der Waals surface area contributed by atoms with Gasteiger partial charge in [0.15, 0.2) is 0 Å². The van der Waals surface area contributed by atoms with Crippen molar-refractivity contribution in [1.82, 2.24) is 9.80 Å². The summed E-state index contributed by atoms with van der Waals surface area (Å²) >= 11 is 0. The first-order valence-electron chi connectivity index (χ1n) is 13.1. The second kappa shape index (κ2) is 11.9. The second-order valence-corrected chi connectivity index (χ2v) is 10.5. The van der Waals surface area contributed by atoms with Crippen LogP contribution < -0.4 is 10.1 Å². The van der Waals surface area contributed by atoms with Crippen LogP contribution in [-0.2, 0) is 9.53 Å². The molecule has 0 unspecified atom stereocenters. The number of rotatable bonds is 5. The van der Waals surface area contributed by atoms with E-state index >= 15 is 0 Å². The lowest BCUT2D eigenvalue weighted by atomic mass is 10.0. The van der Waals surface area contributed by atoms with Crippen LogP contribution in [0.3, 0.4) is 0 Å². The number of nitrogens with one attached hydrogen (secondary N) is 1. The number of nitrogens with zero attached hydrogens (tertiary/aromatic N) is 2. The highest BCUT2D eigenvalue weighted by atomic mass is 19.1. The number of hydrogen-bond acceptors (Lipinski definition) is 5. The molecule has 1 aliphatic heterocycles. The number of ether oxygens (including phenoxy) is 2. The van der Waals surface area contributed by atoms with Gasteiger partial charge in [-0.1, -0.05) is 6.92 Å². The number of benzene rings is 2. The molecule has 1 heterocycles. The lowest BCUT2D eigenvalue weighted by Gasteiger charge is -2.36. The molecule has 0 aromatic heterocycles. The van der Waals surface area contributed by atoms with E-state index in [1.54, 1.807) is 37.3 Å². The highest BCUT2D eigenvalue weighted by molar-refractivity contribution is 6.05. The van der Waals surface area contributed by atoms with Crippen LogP contribution in [0.1, 0.15) is 53.8 Å². The largest absolute Gasteiger partial charge is 0.491 e. The van der Waals surface area contributed by atoms with Gasteiger partial charge in [0.05, 0.1) is 17.7 Å². The molecule has 1 saturated carbocycles. The Kier molecular flexibility index (Phi) is 8.66. The maximum Gasteiger partial charge on any atom is 0.257 e. The van der Waals surface area contributed by atoms with Crippen LogP contribution in [0.25, 0.3) is 0 Å². The fourth-order valence-electron chi connectivity index (χ4n) is 4.69. The minimum atomic E-state index is -0.433. The zero-order valence-corrected chi connectivity index (χ0v) is 22.4. The Labute approximate surface area is 223 Å². The normalized spacial score (nSPS) is 22.6. The SMILES string of the molecule is CO[C@@H]1CN(C)C(=O)c2cc(NC(=O)c3ccc(F)cc3)ccc2OC[C@H](C)N(C(=O)CC2CC2)C[C@@H]1C. The van der Waals surface area contributed by atoms with Crippen LogP contribution in [0.15, 0.2) is 42.5 Å². The third kappa shape index (κ3) is 6.69. The van der Waals surface area contributed by atoms with E-state index in [1.807, 2.05) is 18.7 Å². The molecule has 3 atom stereocenters. The summed E-state index contributed by atoms with van der Waals surface area (Å²) in [4.78, 5) is 42.8. The van der Waals surface area contributed by atoms with E-state index in [4.69, 9.17) is 9.47 Å². The van der Waals surface area contributed by atoms with Gasteiger partial charge in [-0.15, -0.1) is 0 Å². The number of anilines is 1. The van der Waals surface area contributed by atoms with Gasteiger partial charge in [0.2, 0.25) is 5.91 Å². The summed E-state index contributed by atoms with van der Waals surface area (Å²) in [6.07, 6.45) is 2.46. The molecule has 4 rings (SSSR count). The van der Waals surface area contributed by atoms with Gasteiger partial charge in [-0.25, -0.2) is 4.39 Å². The van der Waals surface area contributed by atoms with E-state index in [1.165, 1.54) is 24.3 Å². The van der Waals surface area contributed by atoms with Crippen molar-refractivity contribution >= 4 is 23.4 Å². The zero-order valence-electron chi connectivity index (χ0n) is 22.4. The second-order valence-electron chi connectivity index (χ2n) is 10.5. The van der Waals surface area contributed by atoms with E-state index in [2.05, 4.69) is 5.32 Å². The van der Waals surface area contributed by atoms with Crippen LogP contribution in [0.2, 0.25) is 0 Å². The third-order valence-electron chi connectivity index (χ3n) is 7.29. The molecule has 1 fully saturated rings. The summed E-state index contributed by atoms with van der Waals surface area (Å²) in [5, 5.41) is 2.77. The maximum absolute atomic E-state index is 13.5. The van der Waals surface area contributed by atoms with Gasteiger partial charge in [0, 0.05) is 50.8 Å². The summed E-state index contributed by atoms with van der Waals surface area (Å²) in [6.45, 7) is 5.03. The number of halogens is 1. The zero-order chi connectivity index (χ0) is 27.4. The number of likely N-dealkylation sites (N-methyl/N-ethyl adjacent to an activating group) is 1. The number of amides is 3. The van der Waals surface area contributed by atoms with Crippen LogP contribution in [0.4, 0.5) is 10.1 Å². The molecule has 204 valence electrons. The van der Waals surface area contributed by atoms with E-state index in [0.717, 1.165) is 12.8 Å². The van der Waals surface area contributed by atoms with E-state index in [9.17, 15) is 18.8 Å². The topological polar surface area (TPSA) is 88.2 Å². The van der Waals surface area contributed by atoms with Crippen LogP contribution >= 0.6 is 0 Å². The predicted molar refractivity (Wildman–Crippen MR) is 142 cm³/mol. The van der Waals surface area contributed by atoms with Crippen molar-refractivity contribution in [2.75, 3.05) is 39.2 Å². The Morgan fingerprint density at radius 3 is 2.47 bits per heavy atom. The van der Waals surface area contributed by atoms with Crippen molar-refractivity contribution in [3.05, 3.63) is 59.4 Å². The molecule has 0 saturated heterocycles. The lowest BCUT2D eigenvalue weighted by Crippen LogP contribution is -2.48. The molecule has 2 aliphatic rings. The average Bonchev–Trinajstić information content (AvgIpc) is 3.72. The average molecular weight is 526 g/mol. The smallest absolute Gasteiger partial charge is 0.257 e. The quantitative estimate of drug-likeness (QED) is 0.632. The molecule has 2 aromatic carbocycles. The Hall–Kier alpha value is -3.46. The number of carbonyl (C=O) groups excluding carboxylic acids is 3. The molecule has 1 aliphatic carbocycles. The fraction of sp³-hybridized carbons (Fsp3) is 0.483. The maximum atomic E-state index is 13.5. The van der Waals surface area contributed by atoms with E-state index in [-0.39, 0.29) is 42.0 Å². The first kappa shape index (κ1) is 27.6. The Morgan fingerprint density at radius 2 is 1.82 bits per heavy atom. The van der Waals surface area contributed by atoms with Crippen LogP contribution in [0.5, 0.6) is 5.75 Å². The van der Waals surface area contributed by atoms with E-state index in [0.29, 0.717) is 42.4 Å². The molecule has 9 heteroatoms. The van der Waals surface area contributed by atoms with Crippen LogP contribution in [0, 0.1) is 17.7 Å². The van der Waals surface area contributed by atoms with Gasteiger partial charge in [-0.2, -0.15) is 0 Å². The molecule has 0 radical (unpaired) electrons. The van der Waals surface area contributed by atoms with Crippen molar-refractivity contribution < 1.29 is 28.2 Å². The molecule has 1 N–H and O–H groups in total. The lowest BCUT2D eigenvalue weighted by molar-refractivity contribution is -0.135. The van der Waals surface area contributed by atoms with Gasteiger partial charge < -0.3 is 24.6 Å². The standard InChI is InChI=1S/C29H36FN3O5/c1-18-15-33(27(34)13-20-5-6-20)19(2)17-38-25-12-11-23(31-28(35)21-7-9-22(30)10-8-21)14-24(25)29(36)32(3)16-26(18)37-4/h7-12,14,18-20,26H,5-6,13,15-17H2,1-4H3,(H,31,35)/t18-,19-,26+/m0/s1. The van der Waals surface area contributed by atoms with Gasteiger partial charge in [0.1, 0.15) is 18.2 Å². The summed E-state index contributed by atoms with van der Waals surface area (Å²) in [6, 6.07) is 9.88. The molecular formula is C29H36FN3O5. The highest BCUT2D eigenvalue weighted by Crippen LogP contribution is 2.33. The number of fused-ring (bicyclic) bond motifs is 1. The number of hydrogen-bond donors (Lipinski definition) is 1. The monoisotopic (exact) mass is 525 g/mol. The summed E-state index contributed by atoms with van der Waals surface area (Å²) < 4.78 is 25.1. The van der Waals surface area contributed by atoms with Crippen molar-refractivity contribution in [1.29, 1.82) is 0 Å².